The van der Waals surface area contributed by atoms with Gasteiger partial charge in [0.1, 0.15) is 5.75 Å². The zero-order valence-electron chi connectivity index (χ0n) is 14.2. The molecule has 1 atom stereocenters. The van der Waals surface area contributed by atoms with Crippen LogP contribution < -0.4 is 10.1 Å². The van der Waals surface area contributed by atoms with E-state index in [1.54, 1.807) is 12.1 Å². The van der Waals surface area contributed by atoms with Gasteiger partial charge in [-0.25, -0.2) is 8.42 Å². The third kappa shape index (κ3) is 7.47. The number of benzene rings is 1. The molecule has 0 heterocycles. The lowest BCUT2D eigenvalue weighted by Crippen LogP contribution is -2.38. The Morgan fingerprint density at radius 2 is 1.87 bits per heavy atom. The molecule has 130 valence electrons. The maximum absolute atomic E-state index is 11.7. The normalized spacial score (nSPS) is 12.9. The van der Waals surface area contributed by atoms with Crippen LogP contribution in [0, 0.1) is 0 Å². The van der Waals surface area contributed by atoms with Crippen LogP contribution in [0.25, 0.3) is 0 Å². The highest BCUT2D eigenvalue weighted by Gasteiger charge is 2.08. The number of hydrogen-bond acceptors (Lipinski definition) is 5. The molecule has 23 heavy (non-hydrogen) atoms. The van der Waals surface area contributed by atoms with Gasteiger partial charge in [0.05, 0.1) is 11.5 Å². The molecule has 0 bridgehead atoms. The van der Waals surface area contributed by atoms with Gasteiger partial charge in [0, 0.05) is 25.3 Å². The molecule has 0 aliphatic rings. The molecule has 0 radical (unpaired) electrons. The summed E-state index contributed by atoms with van der Waals surface area (Å²) >= 11 is 0. The maximum Gasteiger partial charge on any atom is 0.220 e. The van der Waals surface area contributed by atoms with Crippen LogP contribution in [0.4, 0.5) is 0 Å². The number of ether oxygens (including phenoxy) is 1. The van der Waals surface area contributed by atoms with Gasteiger partial charge < -0.3 is 15.0 Å². The number of nitrogens with one attached hydrogen (secondary N) is 1. The fourth-order valence-corrected chi connectivity index (χ4v) is 2.37. The maximum atomic E-state index is 11.7. The number of likely N-dealkylation sites (N-methyl/N-ethyl adjacent to an activating group) is 1. The van der Waals surface area contributed by atoms with E-state index in [1.807, 2.05) is 25.9 Å². The zero-order chi connectivity index (χ0) is 17.5. The van der Waals surface area contributed by atoms with Gasteiger partial charge in [0.15, 0.2) is 9.84 Å². The Kier molecular flexibility index (Phi) is 7.51. The first-order chi connectivity index (χ1) is 10.7. The highest BCUT2D eigenvalue weighted by molar-refractivity contribution is 7.90. The fourth-order valence-electron chi connectivity index (χ4n) is 1.74. The molecular formula is C16H26N2O4S. The van der Waals surface area contributed by atoms with Crippen molar-refractivity contribution in [2.75, 3.05) is 33.5 Å². The largest absolute Gasteiger partial charge is 0.494 e. The second kappa shape index (κ2) is 8.88. The predicted molar refractivity (Wildman–Crippen MR) is 90.4 cm³/mol. The molecule has 1 N–H and O–H groups in total. The van der Waals surface area contributed by atoms with Crippen molar-refractivity contribution in [2.45, 2.75) is 30.7 Å². The monoisotopic (exact) mass is 342 g/mol. The number of amides is 1. The smallest absolute Gasteiger partial charge is 0.220 e. The summed E-state index contributed by atoms with van der Waals surface area (Å²) in [4.78, 5) is 14.0. The average Bonchev–Trinajstić information content (AvgIpc) is 2.48. The van der Waals surface area contributed by atoms with E-state index < -0.39 is 9.84 Å². The van der Waals surface area contributed by atoms with Crippen LogP contribution in [0.2, 0.25) is 0 Å². The summed E-state index contributed by atoms with van der Waals surface area (Å²) in [6.07, 6.45) is 2.18. The Hall–Kier alpha value is -1.60. The highest BCUT2D eigenvalue weighted by Crippen LogP contribution is 2.16. The van der Waals surface area contributed by atoms with Crippen LogP contribution in [-0.4, -0.2) is 58.8 Å². The summed E-state index contributed by atoms with van der Waals surface area (Å²) in [6, 6.07) is 6.56. The molecule has 0 spiro atoms. The van der Waals surface area contributed by atoms with Gasteiger partial charge >= 0.3 is 0 Å². The molecule has 1 aromatic rings. The Morgan fingerprint density at radius 1 is 1.26 bits per heavy atom. The summed E-state index contributed by atoms with van der Waals surface area (Å²) in [5, 5.41) is 2.88. The fraction of sp³-hybridized carbons (Fsp3) is 0.562. The van der Waals surface area contributed by atoms with Crippen molar-refractivity contribution in [3.05, 3.63) is 24.3 Å². The van der Waals surface area contributed by atoms with Crippen molar-refractivity contribution in [1.82, 2.24) is 10.2 Å². The lowest BCUT2D eigenvalue weighted by Gasteiger charge is -2.19. The van der Waals surface area contributed by atoms with Gasteiger partial charge in [-0.15, -0.1) is 0 Å². The van der Waals surface area contributed by atoms with E-state index in [0.29, 0.717) is 37.8 Å². The quantitative estimate of drug-likeness (QED) is 0.685. The number of carbonyl (C=O) groups excluding carboxylic acids is 1. The molecule has 7 heteroatoms. The van der Waals surface area contributed by atoms with Gasteiger partial charge in [-0.05, 0) is 51.7 Å². The van der Waals surface area contributed by atoms with E-state index in [1.165, 1.54) is 18.4 Å². The van der Waals surface area contributed by atoms with Crippen LogP contribution in [0.3, 0.4) is 0 Å². The highest BCUT2D eigenvalue weighted by atomic mass is 32.2. The van der Waals surface area contributed by atoms with E-state index in [-0.39, 0.29) is 10.8 Å². The minimum absolute atomic E-state index is 0.00900. The molecule has 1 rings (SSSR count). The van der Waals surface area contributed by atoms with Crippen LogP contribution in [0.5, 0.6) is 5.75 Å². The van der Waals surface area contributed by atoms with Gasteiger partial charge in [-0.2, -0.15) is 0 Å². The van der Waals surface area contributed by atoms with Crippen molar-refractivity contribution in [2.24, 2.45) is 0 Å². The van der Waals surface area contributed by atoms with Crippen molar-refractivity contribution >= 4 is 15.7 Å². The number of rotatable bonds is 9. The Balaban J connectivity index is 2.26. The molecular weight excluding hydrogens is 316 g/mol. The lowest BCUT2D eigenvalue weighted by atomic mass is 10.2. The first kappa shape index (κ1) is 19.4. The van der Waals surface area contributed by atoms with Gasteiger partial charge in [0.25, 0.3) is 0 Å². The number of nitrogens with zero attached hydrogens (tertiary/aromatic N) is 1. The van der Waals surface area contributed by atoms with E-state index in [0.717, 1.165) is 0 Å². The summed E-state index contributed by atoms with van der Waals surface area (Å²) in [6.45, 7) is 3.08. The van der Waals surface area contributed by atoms with Gasteiger partial charge in [-0.1, -0.05) is 0 Å². The second-order valence-electron chi connectivity index (χ2n) is 5.81. The van der Waals surface area contributed by atoms with Crippen molar-refractivity contribution in [3.63, 3.8) is 0 Å². The molecule has 1 aromatic carbocycles. The predicted octanol–water partition coefficient (Wildman–Crippen LogP) is 1.32. The molecule has 0 unspecified atom stereocenters. The Bertz CT molecular complexity index is 597. The summed E-state index contributed by atoms with van der Waals surface area (Å²) < 4.78 is 28.2. The topological polar surface area (TPSA) is 75.7 Å². The lowest BCUT2D eigenvalue weighted by molar-refractivity contribution is -0.121. The number of carbonyl (C=O) groups is 1. The van der Waals surface area contributed by atoms with Crippen LogP contribution in [-0.2, 0) is 14.6 Å². The summed E-state index contributed by atoms with van der Waals surface area (Å²) in [5.41, 5.74) is 0. The SMILES string of the molecule is C[C@H](CNC(=O)CCCOc1ccc(S(C)(=O)=O)cc1)N(C)C. The van der Waals surface area contributed by atoms with Crippen LogP contribution >= 0.6 is 0 Å². The molecule has 0 aliphatic heterocycles. The summed E-state index contributed by atoms with van der Waals surface area (Å²) in [5.74, 6) is 0.605. The van der Waals surface area contributed by atoms with E-state index in [9.17, 15) is 13.2 Å². The molecule has 0 saturated carbocycles. The third-order valence-corrected chi connectivity index (χ3v) is 4.67. The van der Waals surface area contributed by atoms with Crippen LogP contribution in [0.1, 0.15) is 19.8 Å². The third-order valence-electron chi connectivity index (χ3n) is 3.54. The number of sulfone groups is 1. The van der Waals surface area contributed by atoms with Crippen molar-refractivity contribution in [1.29, 1.82) is 0 Å². The Labute approximate surface area is 138 Å². The number of hydrogen-bond donors (Lipinski definition) is 1. The standard InChI is InChI=1S/C16H26N2O4S/c1-13(18(2)3)12-17-16(19)6-5-11-22-14-7-9-15(10-8-14)23(4,20)21/h7-10,13H,5-6,11-12H2,1-4H3,(H,17,19)/t13-/m1/s1. The van der Waals surface area contributed by atoms with Gasteiger partial charge in [0.2, 0.25) is 5.91 Å². The van der Waals surface area contributed by atoms with E-state index in [2.05, 4.69) is 5.32 Å². The molecule has 6 nitrogen and oxygen atoms in total. The first-order valence-electron chi connectivity index (χ1n) is 7.56. The first-order valence-corrected chi connectivity index (χ1v) is 9.45. The van der Waals surface area contributed by atoms with Gasteiger partial charge in [-0.3, -0.25) is 4.79 Å². The zero-order valence-corrected chi connectivity index (χ0v) is 15.0. The average molecular weight is 342 g/mol. The molecule has 0 fully saturated rings. The molecule has 0 aromatic heterocycles. The summed E-state index contributed by atoms with van der Waals surface area (Å²) in [7, 11) is 0.756. The van der Waals surface area contributed by atoms with Crippen LogP contribution in [0.15, 0.2) is 29.2 Å². The van der Waals surface area contributed by atoms with Crippen molar-refractivity contribution in [3.8, 4) is 5.75 Å². The Morgan fingerprint density at radius 3 is 2.39 bits per heavy atom. The van der Waals surface area contributed by atoms with Crippen molar-refractivity contribution < 1.29 is 17.9 Å². The minimum atomic E-state index is -3.19. The second-order valence-corrected chi connectivity index (χ2v) is 7.83. The van der Waals surface area contributed by atoms with E-state index >= 15 is 0 Å². The molecule has 0 aliphatic carbocycles. The van der Waals surface area contributed by atoms with E-state index in [4.69, 9.17) is 4.74 Å². The molecule has 1 amide bonds. The minimum Gasteiger partial charge on any atom is -0.494 e. The molecule has 0 saturated heterocycles.